The second-order valence-corrected chi connectivity index (χ2v) is 8.95. The van der Waals surface area contributed by atoms with E-state index in [0.717, 1.165) is 36.5 Å². The van der Waals surface area contributed by atoms with E-state index in [1.807, 2.05) is 59.5 Å². The van der Waals surface area contributed by atoms with E-state index >= 15 is 0 Å². The van der Waals surface area contributed by atoms with Gasteiger partial charge in [-0.1, -0.05) is 54.1 Å². The fourth-order valence-corrected chi connectivity index (χ4v) is 4.56. The fraction of sp³-hybridized carbons (Fsp3) is 0.286. The lowest BCUT2D eigenvalue weighted by Gasteiger charge is -2.26. The van der Waals surface area contributed by atoms with Gasteiger partial charge in [-0.05, 0) is 48.4 Å². The number of rotatable bonds is 7. The van der Waals surface area contributed by atoms with Gasteiger partial charge < -0.3 is 19.9 Å². The molecule has 0 aliphatic carbocycles. The van der Waals surface area contributed by atoms with E-state index < -0.39 is 6.04 Å². The summed E-state index contributed by atoms with van der Waals surface area (Å²) in [4.78, 5) is 30.5. The maximum Gasteiger partial charge on any atom is 0.253 e. The highest BCUT2D eigenvalue weighted by molar-refractivity contribution is 6.33. The van der Waals surface area contributed by atoms with Crippen LogP contribution in [-0.4, -0.2) is 50.0 Å². The number of amides is 2. The van der Waals surface area contributed by atoms with Crippen LogP contribution < -0.4 is 15.0 Å². The fourth-order valence-electron chi connectivity index (χ4n) is 4.34. The summed E-state index contributed by atoms with van der Waals surface area (Å²) in [6, 6.07) is 24.1. The third-order valence-corrected chi connectivity index (χ3v) is 6.62. The summed E-state index contributed by atoms with van der Waals surface area (Å²) >= 11 is 6.23. The van der Waals surface area contributed by atoms with E-state index in [4.69, 9.17) is 16.3 Å². The number of nitrogens with zero attached hydrogens (tertiary/aromatic N) is 2. The number of nitrogens with one attached hydrogen (secondary N) is 1. The smallest absolute Gasteiger partial charge is 0.253 e. The first kappa shape index (κ1) is 24.6. The predicted octanol–water partition coefficient (Wildman–Crippen LogP) is 4.95. The maximum absolute atomic E-state index is 13.4. The van der Waals surface area contributed by atoms with Gasteiger partial charge in [0.2, 0.25) is 5.91 Å². The molecule has 1 unspecified atom stereocenters. The topological polar surface area (TPSA) is 61.9 Å². The van der Waals surface area contributed by atoms with Crippen LogP contribution in [0, 0.1) is 0 Å². The third-order valence-electron chi connectivity index (χ3n) is 6.29. The van der Waals surface area contributed by atoms with Gasteiger partial charge in [0, 0.05) is 31.9 Å². The third kappa shape index (κ3) is 6.34. The first-order chi connectivity index (χ1) is 17.0. The second kappa shape index (κ2) is 11.8. The van der Waals surface area contributed by atoms with Gasteiger partial charge >= 0.3 is 0 Å². The Kier molecular flexibility index (Phi) is 8.27. The van der Waals surface area contributed by atoms with Crippen molar-refractivity contribution in [3.05, 3.63) is 95.0 Å². The Morgan fingerprint density at radius 1 is 0.914 bits per heavy atom. The lowest BCUT2D eigenvalue weighted by Crippen LogP contribution is -2.38. The van der Waals surface area contributed by atoms with Gasteiger partial charge in [0.05, 0.1) is 30.2 Å². The monoisotopic (exact) mass is 491 g/mol. The van der Waals surface area contributed by atoms with Crippen molar-refractivity contribution in [2.45, 2.75) is 18.9 Å². The zero-order valence-electron chi connectivity index (χ0n) is 19.8. The first-order valence-corrected chi connectivity index (χ1v) is 12.2. The summed E-state index contributed by atoms with van der Waals surface area (Å²) in [5.41, 5.74) is 2.40. The Bertz CT molecular complexity index is 1140. The second-order valence-electron chi connectivity index (χ2n) is 8.54. The Morgan fingerprint density at radius 2 is 1.63 bits per heavy atom. The van der Waals surface area contributed by atoms with E-state index in [-0.39, 0.29) is 18.2 Å². The van der Waals surface area contributed by atoms with E-state index in [1.54, 1.807) is 31.4 Å². The van der Waals surface area contributed by atoms with Crippen LogP contribution in [0.3, 0.4) is 0 Å². The SMILES string of the molecule is COc1ccc(N2CCCN(C(=O)CC(NC(=O)c3ccccc3Cl)c3ccccc3)CC2)cc1. The minimum absolute atomic E-state index is 0.0230. The molecular weight excluding hydrogens is 462 g/mol. The Labute approximate surface area is 211 Å². The highest BCUT2D eigenvalue weighted by Gasteiger charge is 2.25. The number of hydrogen-bond acceptors (Lipinski definition) is 4. The van der Waals surface area contributed by atoms with Crippen molar-refractivity contribution >= 4 is 29.1 Å². The Hall–Kier alpha value is -3.51. The van der Waals surface area contributed by atoms with Crippen molar-refractivity contribution in [3.8, 4) is 5.75 Å². The van der Waals surface area contributed by atoms with E-state index in [9.17, 15) is 9.59 Å². The quantitative estimate of drug-likeness (QED) is 0.508. The van der Waals surface area contributed by atoms with Crippen molar-refractivity contribution < 1.29 is 14.3 Å². The number of methoxy groups -OCH3 is 1. The molecular formula is C28H30ClN3O3. The van der Waals surface area contributed by atoms with Gasteiger partial charge in [-0.15, -0.1) is 0 Å². The number of hydrogen-bond donors (Lipinski definition) is 1. The molecule has 0 spiro atoms. The molecule has 182 valence electrons. The molecule has 0 radical (unpaired) electrons. The number of anilines is 1. The standard InChI is InChI=1S/C28H30ClN3O3/c1-35-23-14-12-22(13-15-23)31-16-7-17-32(19-18-31)27(33)20-26(21-8-3-2-4-9-21)30-28(34)24-10-5-6-11-25(24)29/h2-6,8-15,26H,7,16-20H2,1H3,(H,30,34). The normalized spacial score (nSPS) is 14.7. The average molecular weight is 492 g/mol. The lowest BCUT2D eigenvalue weighted by molar-refractivity contribution is -0.131. The molecule has 1 atom stereocenters. The summed E-state index contributed by atoms with van der Waals surface area (Å²) in [7, 11) is 1.66. The molecule has 4 rings (SSSR count). The van der Waals surface area contributed by atoms with Gasteiger partial charge in [-0.25, -0.2) is 0 Å². The largest absolute Gasteiger partial charge is 0.497 e. The minimum Gasteiger partial charge on any atom is -0.497 e. The van der Waals surface area contributed by atoms with Crippen LogP contribution in [0.15, 0.2) is 78.9 Å². The molecule has 1 aliphatic heterocycles. The summed E-state index contributed by atoms with van der Waals surface area (Å²) in [6.45, 7) is 2.94. The highest BCUT2D eigenvalue weighted by Crippen LogP contribution is 2.23. The molecule has 0 bridgehead atoms. The van der Waals surface area contributed by atoms with Gasteiger partial charge in [0.1, 0.15) is 5.75 Å². The van der Waals surface area contributed by atoms with Gasteiger partial charge in [0.15, 0.2) is 0 Å². The zero-order chi connectivity index (χ0) is 24.6. The Morgan fingerprint density at radius 3 is 2.34 bits per heavy atom. The van der Waals surface area contributed by atoms with E-state index in [2.05, 4.69) is 10.2 Å². The number of carbonyl (C=O) groups is 2. The molecule has 1 heterocycles. The summed E-state index contributed by atoms with van der Waals surface area (Å²) in [6.07, 6.45) is 1.06. The molecule has 7 heteroatoms. The molecule has 0 aromatic heterocycles. The molecule has 1 saturated heterocycles. The van der Waals surface area contributed by atoms with Crippen LogP contribution in [0.4, 0.5) is 5.69 Å². The average Bonchev–Trinajstić information content (AvgIpc) is 3.15. The highest BCUT2D eigenvalue weighted by atomic mass is 35.5. The number of carbonyl (C=O) groups excluding carboxylic acids is 2. The molecule has 2 amide bonds. The lowest BCUT2D eigenvalue weighted by atomic mass is 10.0. The zero-order valence-corrected chi connectivity index (χ0v) is 20.6. The molecule has 1 fully saturated rings. The predicted molar refractivity (Wildman–Crippen MR) is 139 cm³/mol. The summed E-state index contributed by atoms with van der Waals surface area (Å²) < 4.78 is 5.26. The molecule has 1 aliphatic rings. The molecule has 6 nitrogen and oxygen atoms in total. The Balaban J connectivity index is 1.43. The molecule has 3 aromatic rings. The number of ether oxygens (including phenoxy) is 1. The molecule has 35 heavy (non-hydrogen) atoms. The van der Waals surface area contributed by atoms with Gasteiger partial charge in [-0.2, -0.15) is 0 Å². The van der Waals surface area contributed by atoms with Crippen molar-refractivity contribution in [3.63, 3.8) is 0 Å². The van der Waals surface area contributed by atoms with Crippen LogP contribution >= 0.6 is 11.6 Å². The summed E-state index contributed by atoms with van der Waals surface area (Å²) in [5, 5.41) is 3.41. The van der Waals surface area contributed by atoms with E-state index in [1.165, 1.54) is 0 Å². The molecule has 3 aromatic carbocycles. The number of halogens is 1. The van der Waals surface area contributed by atoms with Gasteiger partial charge in [0.25, 0.3) is 5.91 Å². The molecule has 0 saturated carbocycles. The van der Waals surface area contributed by atoms with Crippen LogP contribution in [0.1, 0.15) is 34.8 Å². The first-order valence-electron chi connectivity index (χ1n) is 11.8. The molecule has 1 N–H and O–H groups in total. The van der Waals surface area contributed by atoms with Crippen molar-refractivity contribution in [2.75, 3.05) is 38.2 Å². The maximum atomic E-state index is 13.4. The number of benzene rings is 3. The van der Waals surface area contributed by atoms with Crippen LogP contribution in [0.25, 0.3) is 0 Å². The van der Waals surface area contributed by atoms with Crippen molar-refractivity contribution in [1.29, 1.82) is 0 Å². The van der Waals surface area contributed by atoms with Crippen LogP contribution in [-0.2, 0) is 4.79 Å². The summed E-state index contributed by atoms with van der Waals surface area (Å²) in [5.74, 6) is 0.555. The van der Waals surface area contributed by atoms with Crippen molar-refractivity contribution in [2.24, 2.45) is 0 Å². The minimum atomic E-state index is -0.451. The van der Waals surface area contributed by atoms with Crippen LogP contribution in [0.5, 0.6) is 5.75 Å². The van der Waals surface area contributed by atoms with E-state index in [0.29, 0.717) is 23.7 Å². The van der Waals surface area contributed by atoms with Crippen molar-refractivity contribution in [1.82, 2.24) is 10.2 Å². The van der Waals surface area contributed by atoms with Gasteiger partial charge in [-0.3, -0.25) is 9.59 Å². The van der Waals surface area contributed by atoms with Crippen LogP contribution in [0.2, 0.25) is 5.02 Å².